The van der Waals surface area contributed by atoms with Gasteiger partial charge in [0.15, 0.2) is 5.58 Å². The number of halogens is 1. The Bertz CT molecular complexity index is 1020. The van der Waals surface area contributed by atoms with Crippen molar-refractivity contribution < 1.29 is 9.21 Å². The highest BCUT2D eigenvalue weighted by Crippen LogP contribution is 2.28. The monoisotopic (exact) mass is 354 g/mol. The Kier molecular flexibility index (Phi) is 3.80. The quantitative estimate of drug-likeness (QED) is 0.531. The third-order valence-corrected chi connectivity index (χ3v) is 4.59. The first kappa shape index (κ1) is 14.9. The maximum absolute atomic E-state index is 12.3. The average Bonchev–Trinajstić information content (AvgIpc) is 3.23. The minimum Gasteiger partial charge on any atom is -0.423 e. The second-order valence-electron chi connectivity index (χ2n) is 5.15. The average molecular weight is 355 g/mol. The number of aromatic nitrogens is 1. The Morgan fingerprint density at radius 1 is 1.12 bits per heavy atom. The molecule has 0 spiro atoms. The number of benzene rings is 2. The van der Waals surface area contributed by atoms with Crippen LogP contribution in [-0.2, 0) is 0 Å². The minimum absolute atomic E-state index is 0.150. The van der Waals surface area contributed by atoms with Gasteiger partial charge in [0.05, 0.1) is 10.6 Å². The van der Waals surface area contributed by atoms with Gasteiger partial charge in [0, 0.05) is 0 Å². The number of thiophene rings is 1. The summed E-state index contributed by atoms with van der Waals surface area (Å²) in [6.45, 7) is 0. The second-order valence-corrected chi connectivity index (χ2v) is 6.33. The van der Waals surface area contributed by atoms with Gasteiger partial charge in [0.1, 0.15) is 5.52 Å². The maximum Gasteiger partial charge on any atom is 0.302 e. The number of oxazole rings is 1. The van der Waals surface area contributed by atoms with E-state index in [4.69, 9.17) is 16.0 Å². The summed E-state index contributed by atoms with van der Waals surface area (Å²) in [7, 11) is 0. The molecule has 0 aliphatic heterocycles. The van der Waals surface area contributed by atoms with Crippen LogP contribution in [0, 0.1) is 0 Å². The molecular weight excluding hydrogens is 344 g/mol. The molecule has 0 saturated heterocycles. The Labute approximate surface area is 146 Å². The smallest absolute Gasteiger partial charge is 0.302 e. The number of rotatable bonds is 3. The van der Waals surface area contributed by atoms with Gasteiger partial charge in [0.2, 0.25) is 0 Å². The predicted octanol–water partition coefficient (Wildman–Crippen LogP) is 5.46. The number of amides is 1. The lowest BCUT2D eigenvalue weighted by Crippen LogP contribution is -2.12. The number of carbonyl (C=O) groups excluding carboxylic acids is 1. The third-order valence-electron chi connectivity index (χ3n) is 3.58. The molecule has 0 fully saturated rings. The minimum atomic E-state index is -0.356. The summed E-state index contributed by atoms with van der Waals surface area (Å²) in [4.78, 5) is 16.6. The molecule has 0 radical (unpaired) electrons. The maximum atomic E-state index is 12.3. The van der Waals surface area contributed by atoms with E-state index in [1.807, 2.05) is 29.6 Å². The molecule has 24 heavy (non-hydrogen) atoms. The Hall–Kier alpha value is -2.63. The van der Waals surface area contributed by atoms with Gasteiger partial charge in [0.25, 0.3) is 5.91 Å². The zero-order chi connectivity index (χ0) is 16.5. The van der Waals surface area contributed by atoms with Gasteiger partial charge >= 0.3 is 6.01 Å². The van der Waals surface area contributed by atoms with E-state index >= 15 is 0 Å². The van der Waals surface area contributed by atoms with Crippen LogP contribution >= 0.6 is 22.9 Å². The first-order valence-corrected chi connectivity index (χ1v) is 8.52. The van der Waals surface area contributed by atoms with Gasteiger partial charge in [-0.05, 0) is 52.2 Å². The van der Waals surface area contributed by atoms with Gasteiger partial charge in [-0.1, -0.05) is 29.8 Å². The lowest BCUT2D eigenvalue weighted by atomic mass is 10.1. The van der Waals surface area contributed by atoms with E-state index in [-0.39, 0.29) is 11.9 Å². The summed E-state index contributed by atoms with van der Waals surface area (Å²) in [6, 6.07) is 14.8. The van der Waals surface area contributed by atoms with Crippen molar-refractivity contribution in [2.24, 2.45) is 0 Å². The van der Waals surface area contributed by atoms with E-state index in [2.05, 4.69) is 15.7 Å². The van der Waals surface area contributed by atoms with Gasteiger partial charge in [-0.3, -0.25) is 10.1 Å². The van der Waals surface area contributed by atoms with Crippen molar-refractivity contribution in [2.75, 3.05) is 5.32 Å². The van der Waals surface area contributed by atoms with E-state index in [0.29, 0.717) is 21.7 Å². The molecule has 0 bridgehead atoms. The fraction of sp³-hybridized carbons (Fsp3) is 0. The van der Waals surface area contributed by atoms with Crippen LogP contribution in [0.25, 0.3) is 22.2 Å². The van der Waals surface area contributed by atoms with Gasteiger partial charge in [-0.25, -0.2) is 0 Å². The number of anilines is 1. The fourth-order valence-electron chi connectivity index (χ4n) is 2.40. The lowest BCUT2D eigenvalue weighted by molar-refractivity contribution is 0.102. The van der Waals surface area contributed by atoms with Gasteiger partial charge in [-0.15, -0.1) is 0 Å². The molecular formula is C18H11ClN2O2S. The number of nitrogens with zero attached hydrogens (tertiary/aromatic N) is 1. The van der Waals surface area contributed by atoms with Crippen molar-refractivity contribution in [1.82, 2.24) is 4.98 Å². The Morgan fingerprint density at radius 2 is 2.00 bits per heavy atom. The fourth-order valence-corrected chi connectivity index (χ4v) is 3.29. The van der Waals surface area contributed by atoms with Crippen molar-refractivity contribution in [2.45, 2.75) is 0 Å². The van der Waals surface area contributed by atoms with Crippen molar-refractivity contribution in [3.63, 3.8) is 0 Å². The Morgan fingerprint density at radius 3 is 2.79 bits per heavy atom. The number of nitrogens with one attached hydrogen (secondary N) is 1. The van der Waals surface area contributed by atoms with Crippen LogP contribution in [0.5, 0.6) is 0 Å². The molecule has 6 heteroatoms. The Balaban J connectivity index is 1.63. The van der Waals surface area contributed by atoms with Crippen LogP contribution < -0.4 is 5.32 Å². The highest BCUT2D eigenvalue weighted by atomic mass is 35.5. The number of hydrogen-bond acceptors (Lipinski definition) is 4. The topological polar surface area (TPSA) is 55.1 Å². The molecule has 2 aromatic carbocycles. The van der Waals surface area contributed by atoms with Crippen LogP contribution in [0.3, 0.4) is 0 Å². The zero-order valence-corrected chi connectivity index (χ0v) is 13.9. The molecule has 4 aromatic rings. The van der Waals surface area contributed by atoms with Crippen molar-refractivity contribution in [3.8, 4) is 11.1 Å². The molecule has 4 nitrogen and oxygen atoms in total. The first-order chi connectivity index (χ1) is 11.7. The molecule has 1 amide bonds. The highest BCUT2D eigenvalue weighted by molar-refractivity contribution is 7.08. The molecule has 1 N–H and O–H groups in total. The van der Waals surface area contributed by atoms with Crippen molar-refractivity contribution >= 4 is 46.0 Å². The summed E-state index contributed by atoms with van der Waals surface area (Å²) in [5.74, 6) is -0.356. The summed E-state index contributed by atoms with van der Waals surface area (Å²) in [5, 5.41) is 7.12. The van der Waals surface area contributed by atoms with Crippen molar-refractivity contribution in [1.29, 1.82) is 0 Å². The van der Waals surface area contributed by atoms with E-state index in [0.717, 1.165) is 11.1 Å². The SMILES string of the molecule is O=C(Nc1nc2cc(-c3ccsc3)ccc2o1)c1ccccc1Cl. The standard InChI is InChI=1S/C18H11ClN2O2S/c19-14-4-2-1-3-13(14)17(22)21-18-20-15-9-11(5-6-16(15)23-18)12-7-8-24-10-12/h1-10H,(H,20,21,22). The highest BCUT2D eigenvalue weighted by Gasteiger charge is 2.14. The molecule has 4 rings (SSSR count). The van der Waals surface area contributed by atoms with E-state index in [1.165, 1.54) is 0 Å². The molecule has 0 unspecified atom stereocenters. The largest absolute Gasteiger partial charge is 0.423 e. The van der Waals surface area contributed by atoms with E-state index in [9.17, 15) is 4.79 Å². The summed E-state index contributed by atoms with van der Waals surface area (Å²) in [5.41, 5.74) is 3.87. The number of carbonyl (C=O) groups is 1. The molecule has 0 saturated carbocycles. The zero-order valence-electron chi connectivity index (χ0n) is 12.3. The van der Waals surface area contributed by atoms with Crippen LogP contribution in [-0.4, -0.2) is 10.9 Å². The first-order valence-electron chi connectivity index (χ1n) is 7.20. The van der Waals surface area contributed by atoms with Crippen LogP contribution in [0.2, 0.25) is 5.02 Å². The number of hydrogen-bond donors (Lipinski definition) is 1. The predicted molar refractivity (Wildman–Crippen MR) is 96.7 cm³/mol. The second kappa shape index (κ2) is 6.11. The molecule has 0 aliphatic rings. The van der Waals surface area contributed by atoms with E-state index in [1.54, 1.807) is 35.6 Å². The summed E-state index contributed by atoms with van der Waals surface area (Å²) >= 11 is 7.67. The third kappa shape index (κ3) is 2.79. The molecule has 118 valence electrons. The lowest BCUT2D eigenvalue weighted by Gasteiger charge is -2.02. The van der Waals surface area contributed by atoms with Gasteiger partial charge in [-0.2, -0.15) is 16.3 Å². The van der Waals surface area contributed by atoms with Crippen LogP contribution in [0.15, 0.2) is 63.7 Å². The van der Waals surface area contributed by atoms with Crippen LogP contribution in [0.1, 0.15) is 10.4 Å². The normalized spacial score (nSPS) is 10.9. The molecule has 0 atom stereocenters. The van der Waals surface area contributed by atoms with Crippen molar-refractivity contribution in [3.05, 3.63) is 69.9 Å². The molecule has 2 aromatic heterocycles. The van der Waals surface area contributed by atoms with E-state index < -0.39 is 0 Å². The number of fused-ring (bicyclic) bond motifs is 1. The summed E-state index contributed by atoms with van der Waals surface area (Å²) in [6.07, 6.45) is 0. The molecule has 2 heterocycles. The molecule has 0 aliphatic carbocycles. The van der Waals surface area contributed by atoms with Crippen LogP contribution in [0.4, 0.5) is 6.01 Å². The summed E-state index contributed by atoms with van der Waals surface area (Å²) < 4.78 is 5.59. The van der Waals surface area contributed by atoms with Gasteiger partial charge < -0.3 is 4.42 Å².